The highest BCUT2D eigenvalue weighted by atomic mass is 16.5. The Hall–Kier alpha value is -1.84. The summed E-state index contributed by atoms with van der Waals surface area (Å²) in [5.74, 6) is 2.00. The van der Waals surface area contributed by atoms with Gasteiger partial charge in [-0.15, -0.1) is 0 Å². The van der Waals surface area contributed by atoms with Crippen molar-refractivity contribution in [3.63, 3.8) is 0 Å². The van der Waals surface area contributed by atoms with E-state index < -0.39 is 0 Å². The van der Waals surface area contributed by atoms with Crippen LogP contribution in [0.4, 0.5) is 0 Å². The molecule has 1 aromatic carbocycles. The fraction of sp³-hybridized carbons (Fsp3) is 0.600. The van der Waals surface area contributed by atoms with Crippen molar-refractivity contribution in [1.82, 2.24) is 5.32 Å². The lowest BCUT2D eigenvalue weighted by molar-refractivity contribution is -0.124. The molecular formula is C20H29NO3. The maximum Gasteiger partial charge on any atom is 0.258 e. The molecule has 4 heteroatoms. The maximum atomic E-state index is 12.1. The van der Waals surface area contributed by atoms with Crippen LogP contribution in [-0.4, -0.2) is 24.3 Å². The second-order valence-corrected chi connectivity index (χ2v) is 7.08. The highest BCUT2D eigenvalue weighted by molar-refractivity contribution is 5.78. The summed E-state index contributed by atoms with van der Waals surface area (Å²) in [6.07, 6.45) is 4.79. The molecular weight excluding hydrogens is 302 g/mol. The van der Waals surface area contributed by atoms with Gasteiger partial charge in [-0.2, -0.15) is 0 Å². The molecule has 0 unspecified atom stereocenters. The number of carbonyl (C=O) groups is 2. The molecule has 1 amide bonds. The van der Waals surface area contributed by atoms with Gasteiger partial charge in [-0.3, -0.25) is 4.79 Å². The van der Waals surface area contributed by atoms with E-state index in [4.69, 9.17) is 4.74 Å². The average molecular weight is 331 g/mol. The normalized spacial score (nSPS) is 23.5. The number of rotatable bonds is 7. The number of ketones is 1. The number of benzene rings is 1. The highest BCUT2D eigenvalue weighted by Crippen LogP contribution is 2.29. The van der Waals surface area contributed by atoms with Gasteiger partial charge in [0.15, 0.2) is 6.61 Å². The number of hydrogen-bond acceptors (Lipinski definition) is 3. The van der Waals surface area contributed by atoms with Crippen LogP contribution in [0.3, 0.4) is 0 Å². The zero-order chi connectivity index (χ0) is 17.5. The van der Waals surface area contributed by atoms with Crippen molar-refractivity contribution < 1.29 is 14.3 Å². The summed E-state index contributed by atoms with van der Waals surface area (Å²) in [6.45, 7) is 6.12. The van der Waals surface area contributed by atoms with Crippen molar-refractivity contribution in [2.75, 3.05) is 6.61 Å². The Morgan fingerprint density at radius 1 is 1.17 bits per heavy atom. The molecule has 1 aliphatic rings. The molecule has 0 aromatic heterocycles. The van der Waals surface area contributed by atoms with Gasteiger partial charge >= 0.3 is 0 Å². The molecule has 24 heavy (non-hydrogen) atoms. The van der Waals surface area contributed by atoms with Crippen LogP contribution in [0.1, 0.15) is 52.0 Å². The molecule has 0 bridgehead atoms. The van der Waals surface area contributed by atoms with Crippen LogP contribution in [0.5, 0.6) is 5.75 Å². The number of hydrogen-bond donors (Lipinski definition) is 1. The Bertz CT molecular complexity index is 553. The van der Waals surface area contributed by atoms with E-state index in [-0.39, 0.29) is 24.3 Å². The smallest absolute Gasteiger partial charge is 0.258 e. The number of nitrogens with one attached hydrogen (secondary N) is 1. The third-order valence-electron chi connectivity index (χ3n) is 5.11. The summed E-state index contributed by atoms with van der Waals surface area (Å²) in [5, 5.41) is 3.11. The Balaban J connectivity index is 1.76. The van der Waals surface area contributed by atoms with Crippen LogP contribution in [0, 0.1) is 11.8 Å². The zero-order valence-electron chi connectivity index (χ0n) is 15.0. The minimum atomic E-state index is -0.0541. The SMILES string of the molecule is CC(=O)CCc1ccc(OCC(=O)N[C@@H]2CCC[C@H](C)[C@@H]2C)cc1. The number of carbonyl (C=O) groups excluding carboxylic acids is 2. The lowest BCUT2D eigenvalue weighted by atomic mass is 9.78. The van der Waals surface area contributed by atoms with Gasteiger partial charge < -0.3 is 14.8 Å². The molecule has 0 heterocycles. The number of ether oxygens (including phenoxy) is 1. The van der Waals surface area contributed by atoms with Crippen LogP contribution >= 0.6 is 0 Å². The number of amides is 1. The monoisotopic (exact) mass is 331 g/mol. The van der Waals surface area contributed by atoms with Gasteiger partial charge in [-0.05, 0) is 49.3 Å². The van der Waals surface area contributed by atoms with E-state index in [1.165, 1.54) is 12.8 Å². The third-order valence-corrected chi connectivity index (χ3v) is 5.11. The summed E-state index contributed by atoms with van der Waals surface area (Å²) in [4.78, 5) is 23.1. The predicted octanol–water partition coefficient (Wildman–Crippen LogP) is 3.53. The van der Waals surface area contributed by atoms with Crippen molar-refractivity contribution >= 4 is 11.7 Å². The molecule has 1 N–H and O–H groups in total. The van der Waals surface area contributed by atoms with Crippen LogP contribution in [0.2, 0.25) is 0 Å². The van der Waals surface area contributed by atoms with Crippen molar-refractivity contribution in [1.29, 1.82) is 0 Å². The van der Waals surface area contributed by atoms with Gasteiger partial charge in [0.2, 0.25) is 0 Å². The lowest BCUT2D eigenvalue weighted by Crippen LogP contribution is -2.45. The first-order chi connectivity index (χ1) is 11.5. The summed E-state index contributed by atoms with van der Waals surface area (Å²) in [7, 11) is 0. The van der Waals surface area contributed by atoms with Crippen LogP contribution in [-0.2, 0) is 16.0 Å². The molecule has 1 saturated carbocycles. The summed E-state index contributed by atoms with van der Waals surface area (Å²) >= 11 is 0. The fourth-order valence-electron chi connectivity index (χ4n) is 3.26. The van der Waals surface area contributed by atoms with Crippen LogP contribution < -0.4 is 10.1 Å². The van der Waals surface area contributed by atoms with Gasteiger partial charge in [0, 0.05) is 12.5 Å². The van der Waals surface area contributed by atoms with E-state index in [1.54, 1.807) is 6.92 Å². The first-order valence-corrected chi connectivity index (χ1v) is 8.96. The van der Waals surface area contributed by atoms with Gasteiger partial charge in [0.1, 0.15) is 11.5 Å². The van der Waals surface area contributed by atoms with E-state index >= 15 is 0 Å². The molecule has 3 atom stereocenters. The Morgan fingerprint density at radius 2 is 1.88 bits per heavy atom. The lowest BCUT2D eigenvalue weighted by Gasteiger charge is -2.34. The van der Waals surface area contributed by atoms with Gasteiger partial charge in [0.25, 0.3) is 5.91 Å². The number of aryl methyl sites for hydroxylation is 1. The van der Waals surface area contributed by atoms with E-state index in [2.05, 4.69) is 19.2 Å². The standard InChI is InChI=1S/C20H29NO3/c1-14-5-4-6-19(16(14)3)21-20(23)13-24-18-11-9-17(10-12-18)8-7-15(2)22/h9-12,14,16,19H,4-8,13H2,1-3H3,(H,21,23)/t14-,16-,19+/m0/s1. The highest BCUT2D eigenvalue weighted by Gasteiger charge is 2.28. The van der Waals surface area contributed by atoms with E-state index in [0.717, 1.165) is 18.4 Å². The molecule has 2 rings (SSSR count). The summed E-state index contributed by atoms with van der Waals surface area (Å²) in [5.41, 5.74) is 1.10. The minimum Gasteiger partial charge on any atom is -0.484 e. The minimum absolute atomic E-state index is 0.0460. The molecule has 0 saturated heterocycles. The Labute approximate surface area is 145 Å². The molecule has 132 valence electrons. The topological polar surface area (TPSA) is 55.4 Å². The Kier molecular flexibility index (Phi) is 6.83. The van der Waals surface area contributed by atoms with E-state index in [0.29, 0.717) is 24.0 Å². The van der Waals surface area contributed by atoms with Gasteiger partial charge in [0.05, 0.1) is 0 Å². The average Bonchev–Trinajstić information content (AvgIpc) is 2.56. The first kappa shape index (κ1) is 18.5. The zero-order valence-corrected chi connectivity index (χ0v) is 15.0. The molecule has 1 fully saturated rings. The van der Waals surface area contributed by atoms with E-state index in [9.17, 15) is 9.59 Å². The molecule has 1 aliphatic carbocycles. The Morgan fingerprint density at radius 3 is 2.54 bits per heavy atom. The van der Waals surface area contributed by atoms with Crippen molar-refractivity contribution in [2.45, 2.75) is 58.9 Å². The van der Waals surface area contributed by atoms with E-state index in [1.807, 2.05) is 24.3 Å². The largest absolute Gasteiger partial charge is 0.484 e. The maximum absolute atomic E-state index is 12.1. The second kappa shape index (κ2) is 8.86. The molecule has 1 aromatic rings. The summed E-state index contributed by atoms with van der Waals surface area (Å²) in [6, 6.07) is 7.86. The van der Waals surface area contributed by atoms with Crippen molar-refractivity contribution in [2.24, 2.45) is 11.8 Å². The van der Waals surface area contributed by atoms with Gasteiger partial charge in [-0.25, -0.2) is 0 Å². The predicted molar refractivity (Wildman–Crippen MR) is 95.0 cm³/mol. The van der Waals surface area contributed by atoms with Crippen LogP contribution in [0.15, 0.2) is 24.3 Å². The molecule has 0 radical (unpaired) electrons. The second-order valence-electron chi connectivity index (χ2n) is 7.08. The number of Topliss-reactive ketones (excluding diaryl/α,β-unsaturated/α-hetero) is 1. The first-order valence-electron chi connectivity index (χ1n) is 8.96. The fourth-order valence-corrected chi connectivity index (χ4v) is 3.26. The molecule has 0 aliphatic heterocycles. The third kappa shape index (κ3) is 5.66. The van der Waals surface area contributed by atoms with Crippen molar-refractivity contribution in [3.8, 4) is 5.75 Å². The molecule has 0 spiro atoms. The van der Waals surface area contributed by atoms with Crippen LogP contribution in [0.25, 0.3) is 0 Å². The van der Waals surface area contributed by atoms with Crippen molar-refractivity contribution in [3.05, 3.63) is 29.8 Å². The van der Waals surface area contributed by atoms with Gasteiger partial charge in [-0.1, -0.05) is 38.8 Å². The summed E-state index contributed by atoms with van der Waals surface area (Å²) < 4.78 is 5.57. The quantitative estimate of drug-likeness (QED) is 0.831. The molecule has 4 nitrogen and oxygen atoms in total.